The van der Waals surface area contributed by atoms with E-state index in [0.29, 0.717) is 12.1 Å². The van der Waals surface area contributed by atoms with E-state index in [-0.39, 0.29) is 0 Å². The van der Waals surface area contributed by atoms with Crippen molar-refractivity contribution in [2.75, 3.05) is 11.5 Å². The number of hydroxylamine groups is 2. The van der Waals surface area contributed by atoms with Gasteiger partial charge < -0.3 is 0 Å². The minimum atomic E-state index is 0.380. The Hall–Kier alpha value is -0.130. The second-order valence-electron chi connectivity index (χ2n) is 3.59. The van der Waals surface area contributed by atoms with Gasteiger partial charge in [-0.15, -0.1) is 0 Å². The van der Waals surface area contributed by atoms with Crippen molar-refractivity contribution in [3.05, 3.63) is 35.9 Å². The van der Waals surface area contributed by atoms with Crippen molar-refractivity contribution in [1.29, 1.82) is 0 Å². The Morgan fingerprint density at radius 3 is 2.71 bits per heavy atom. The summed E-state index contributed by atoms with van der Waals surface area (Å²) in [5.41, 5.74) is 1.35. The van der Waals surface area contributed by atoms with E-state index < -0.39 is 0 Å². The highest BCUT2D eigenvalue weighted by atomic mass is 127. The predicted octanol–water partition coefficient (Wildman–Crippen LogP) is 2.80. The van der Waals surface area contributed by atoms with Crippen LogP contribution in [-0.4, -0.2) is 22.6 Å². The summed E-state index contributed by atoms with van der Waals surface area (Å²) in [5, 5.41) is 1.98. The van der Waals surface area contributed by atoms with Gasteiger partial charge in [0.2, 0.25) is 0 Å². The topological polar surface area (TPSA) is 12.5 Å². The lowest BCUT2D eigenvalue weighted by Gasteiger charge is -2.17. The van der Waals surface area contributed by atoms with Crippen molar-refractivity contribution < 1.29 is 4.84 Å². The van der Waals surface area contributed by atoms with Crippen LogP contribution in [0.2, 0.25) is 0 Å². The summed E-state index contributed by atoms with van der Waals surface area (Å²) in [4.78, 5) is 5.70. The van der Waals surface area contributed by atoms with Gasteiger partial charge in [-0.2, -0.15) is 5.06 Å². The molecule has 0 aromatic heterocycles. The molecule has 1 aromatic rings. The molecule has 76 valence electrons. The third-order valence-corrected chi connectivity index (χ3v) is 3.58. The fourth-order valence-corrected chi connectivity index (χ4v) is 2.38. The molecule has 1 aliphatic rings. The van der Waals surface area contributed by atoms with Crippen LogP contribution < -0.4 is 0 Å². The first-order valence-corrected chi connectivity index (χ1v) is 6.34. The number of benzene rings is 1. The van der Waals surface area contributed by atoms with E-state index in [1.165, 1.54) is 5.56 Å². The highest BCUT2D eigenvalue weighted by Gasteiger charge is 2.30. The average molecular weight is 303 g/mol. The highest BCUT2D eigenvalue weighted by molar-refractivity contribution is 14.1. The zero-order valence-electron chi connectivity index (χ0n) is 8.19. The van der Waals surface area contributed by atoms with Crippen LogP contribution in [0.1, 0.15) is 18.0 Å². The van der Waals surface area contributed by atoms with Crippen molar-refractivity contribution >= 4 is 22.6 Å². The third kappa shape index (κ3) is 2.10. The van der Waals surface area contributed by atoms with Crippen molar-refractivity contribution in [2.24, 2.45) is 0 Å². The first-order valence-electron chi connectivity index (χ1n) is 4.82. The number of nitrogens with zero attached hydrogens (tertiary/aromatic N) is 1. The molecule has 0 amide bonds. The molecule has 1 aromatic carbocycles. The van der Waals surface area contributed by atoms with Gasteiger partial charge in [0.15, 0.2) is 0 Å². The van der Waals surface area contributed by atoms with Crippen molar-refractivity contribution in [2.45, 2.75) is 18.6 Å². The van der Waals surface area contributed by atoms with E-state index in [2.05, 4.69) is 52.9 Å². The second-order valence-corrected chi connectivity index (χ2v) is 4.47. The first-order chi connectivity index (χ1) is 6.81. The molecule has 0 saturated carbocycles. The molecule has 1 saturated heterocycles. The summed E-state index contributed by atoms with van der Waals surface area (Å²) < 4.78 is 1.06. The number of alkyl halides is 1. The summed E-state index contributed by atoms with van der Waals surface area (Å²) in [7, 11) is 2.02. The molecule has 0 spiro atoms. The van der Waals surface area contributed by atoms with Crippen LogP contribution in [0.3, 0.4) is 0 Å². The Bertz CT molecular complexity index is 291. The van der Waals surface area contributed by atoms with Gasteiger partial charge in [0.25, 0.3) is 0 Å². The summed E-state index contributed by atoms with van der Waals surface area (Å²) in [6, 6.07) is 11.0. The van der Waals surface area contributed by atoms with Crippen LogP contribution in [0.5, 0.6) is 0 Å². The summed E-state index contributed by atoms with van der Waals surface area (Å²) in [6.45, 7) is 0. The minimum absolute atomic E-state index is 0.380. The predicted molar refractivity (Wildman–Crippen MR) is 65.3 cm³/mol. The molecule has 2 nitrogen and oxygen atoms in total. The Balaban J connectivity index is 2.13. The smallest absolute Gasteiger partial charge is 0.0901 e. The monoisotopic (exact) mass is 303 g/mol. The van der Waals surface area contributed by atoms with E-state index >= 15 is 0 Å². The Morgan fingerprint density at radius 1 is 1.43 bits per heavy atom. The van der Waals surface area contributed by atoms with E-state index in [1.807, 2.05) is 12.1 Å². The Labute approximate surface area is 98.3 Å². The van der Waals surface area contributed by atoms with Crippen molar-refractivity contribution in [1.82, 2.24) is 5.06 Å². The first kappa shape index (κ1) is 10.4. The number of hydrogen-bond acceptors (Lipinski definition) is 2. The molecule has 2 atom stereocenters. The SMILES string of the molecule is CN1O[C@H](CI)C[C@@H]1c1ccccc1. The van der Waals surface area contributed by atoms with Crippen LogP contribution in [0, 0.1) is 0 Å². The number of rotatable bonds is 2. The van der Waals surface area contributed by atoms with Gasteiger partial charge in [-0.1, -0.05) is 52.9 Å². The average Bonchev–Trinajstić information content (AvgIpc) is 2.61. The molecule has 2 rings (SSSR count). The maximum atomic E-state index is 5.70. The van der Waals surface area contributed by atoms with Crippen molar-refractivity contribution in [3.63, 3.8) is 0 Å². The zero-order valence-corrected chi connectivity index (χ0v) is 10.3. The molecule has 0 bridgehead atoms. The fourth-order valence-electron chi connectivity index (χ4n) is 1.86. The van der Waals surface area contributed by atoms with E-state index in [1.54, 1.807) is 0 Å². The quantitative estimate of drug-likeness (QED) is 0.615. The Kier molecular flexibility index (Phi) is 3.41. The molecule has 0 N–H and O–H groups in total. The van der Waals surface area contributed by atoms with Crippen LogP contribution in [0.4, 0.5) is 0 Å². The van der Waals surface area contributed by atoms with Gasteiger partial charge in [-0.25, -0.2) is 0 Å². The molecule has 0 unspecified atom stereocenters. The maximum Gasteiger partial charge on any atom is 0.0901 e. The molecule has 0 radical (unpaired) electrons. The lowest BCUT2D eigenvalue weighted by molar-refractivity contribution is -0.136. The maximum absolute atomic E-state index is 5.70. The van der Waals surface area contributed by atoms with E-state index in [0.717, 1.165) is 10.8 Å². The largest absolute Gasteiger partial charge is 0.294 e. The lowest BCUT2D eigenvalue weighted by atomic mass is 10.0. The summed E-state index contributed by atoms with van der Waals surface area (Å²) in [6.07, 6.45) is 1.48. The molecule has 3 heteroatoms. The van der Waals surface area contributed by atoms with Gasteiger partial charge in [0.1, 0.15) is 0 Å². The van der Waals surface area contributed by atoms with Gasteiger partial charge in [-0.05, 0) is 12.0 Å². The fraction of sp³-hybridized carbons (Fsp3) is 0.455. The van der Waals surface area contributed by atoms with Crippen LogP contribution in [0.15, 0.2) is 30.3 Å². The van der Waals surface area contributed by atoms with E-state index in [4.69, 9.17) is 4.84 Å². The van der Waals surface area contributed by atoms with Gasteiger partial charge >= 0.3 is 0 Å². The number of hydrogen-bond donors (Lipinski definition) is 0. The molecular formula is C11H14INO. The zero-order chi connectivity index (χ0) is 9.97. The van der Waals surface area contributed by atoms with Crippen LogP contribution in [-0.2, 0) is 4.84 Å². The van der Waals surface area contributed by atoms with E-state index in [9.17, 15) is 0 Å². The molecule has 1 fully saturated rings. The summed E-state index contributed by atoms with van der Waals surface area (Å²) in [5.74, 6) is 0. The second kappa shape index (κ2) is 4.59. The van der Waals surface area contributed by atoms with Crippen LogP contribution in [0.25, 0.3) is 0 Å². The standard InChI is InChI=1S/C11H14INO/c1-13-11(7-10(8-12)14-13)9-5-3-2-4-6-9/h2-6,10-11H,7-8H2,1H3/t10-,11+/m0/s1. The third-order valence-electron chi connectivity index (χ3n) is 2.60. The molecule has 14 heavy (non-hydrogen) atoms. The molecule has 1 heterocycles. The Morgan fingerprint density at radius 2 is 2.14 bits per heavy atom. The molecule has 1 aliphatic heterocycles. The minimum Gasteiger partial charge on any atom is -0.294 e. The highest BCUT2D eigenvalue weighted by Crippen LogP contribution is 2.32. The van der Waals surface area contributed by atoms with Crippen LogP contribution >= 0.6 is 22.6 Å². The normalized spacial score (nSPS) is 28.1. The van der Waals surface area contributed by atoms with Gasteiger partial charge in [0, 0.05) is 11.5 Å². The molecular weight excluding hydrogens is 289 g/mol. The summed E-state index contributed by atoms with van der Waals surface area (Å²) >= 11 is 2.38. The lowest BCUT2D eigenvalue weighted by Crippen LogP contribution is -2.17. The van der Waals surface area contributed by atoms with Crippen molar-refractivity contribution in [3.8, 4) is 0 Å². The number of halogens is 1. The van der Waals surface area contributed by atoms with Gasteiger partial charge in [-0.3, -0.25) is 4.84 Å². The molecule has 0 aliphatic carbocycles. The van der Waals surface area contributed by atoms with Gasteiger partial charge in [0.05, 0.1) is 12.1 Å².